The van der Waals surface area contributed by atoms with Crippen molar-refractivity contribution < 1.29 is 14.1 Å². The second kappa shape index (κ2) is 9.57. The van der Waals surface area contributed by atoms with Crippen LogP contribution < -0.4 is 5.32 Å². The van der Waals surface area contributed by atoms with Crippen molar-refractivity contribution in [2.45, 2.75) is 13.3 Å². The molecule has 0 bridgehead atoms. The average Bonchev–Trinajstić information content (AvgIpc) is 3.25. The average molecular weight is 418 g/mol. The molecule has 7 heteroatoms. The molecule has 4 rings (SSSR count). The smallest absolute Gasteiger partial charge is 0.292 e. The molecule has 1 saturated heterocycles. The van der Waals surface area contributed by atoms with Crippen molar-refractivity contribution in [3.05, 3.63) is 72.1 Å². The van der Waals surface area contributed by atoms with Crippen LogP contribution in [0, 0.1) is 6.92 Å². The fraction of sp³-hybridized carbons (Fsp3) is 0.292. The second-order valence-electron chi connectivity index (χ2n) is 7.68. The number of amides is 2. The number of hydrogen-bond acceptors (Lipinski definition) is 5. The van der Waals surface area contributed by atoms with E-state index in [0.717, 1.165) is 29.9 Å². The zero-order valence-electron chi connectivity index (χ0n) is 17.6. The summed E-state index contributed by atoms with van der Waals surface area (Å²) in [5.74, 6) is 0.136. The monoisotopic (exact) mass is 418 g/mol. The van der Waals surface area contributed by atoms with Crippen molar-refractivity contribution in [3.8, 4) is 11.1 Å². The van der Waals surface area contributed by atoms with E-state index in [1.165, 1.54) is 0 Å². The van der Waals surface area contributed by atoms with Crippen molar-refractivity contribution in [2.24, 2.45) is 0 Å². The highest BCUT2D eigenvalue weighted by molar-refractivity contribution is 5.95. The van der Waals surface area contributed by atoms with Crippen molar-refractivity contribution in [1.82, 2.24) is 15.0 Å². The number of aryl methyl sites for hydroxylation is 1. The maximum absolute atomic E-state index is 12.6. The van der Waals surface area contributed by atoms with Gasteiger partial charge in [0.1, 0.15) is 0 Å². The van der Waals surface area contributed by atoms with Crippen LogP contribution in [0.2, 0.25) is 0 Å². The van der Waals surface area contributed by atoms with Gasteiger partial charge in [0.05, 0.1) is 5.69 Å². The molecule has 7 nitrogen and oxygen atoms in total. The third-order valence-electron chi connectivity index (χ3n) is 5.44. The van der Waals surface area contributed by atoms with E-state index in [9.17, 15) is 9.59 Å². The van der Waals surface area contributed by atoms with Crippen LogP contribution in [0.15, 0.2) is 65.2 Å². The number of aromatic nitrogens is 1. The summed E-state index contributed by atoms with van der Waals surface area (Å²) in [6.07, 6.45) is 0.401. The molecule has 0 aliphatic carbocycles. The Morgan fingerprint density at radius 3 is 2.42 bits per heavy atom. The van der Waals surface area contributed by atoms with Crippen molar-refractivity contribution in [3.63, 3.8) is 0 Å². The van der Waals surface area contributed by atoms with E-state index in [1.54, 1.807) is 17.9 Å². The Balaban J connectivity index is 1.27. The number of piperazine rings is 1. The van der Waals surface area contributed by atoms with Crippen LogP contribution in [0.1, 0.15) is 22.7 Å². The zero-order valence-corrected chi connectivity index (χ0v) is 17.6. The van der Waals surface area contributed by atoms with Crippen LogP contribution >= 0.6 is 0 Å². The lowest BCUT2D eigenvalue weighted by molar-refractivity contribution is -0.116. The van der Waals surface area contributed by atoms with E-state index in [2.05, 4.69) is 15.4 Å². The van der Waals surface area contributed by atoms with Crippen molar-refractivity contribution in [2.75, 3.05) is 38.0 Å². The number of carbonyl (C=O) groups is 2. The molecule has 1 aliphatic heterocycles. The molecular formula is C24H26N4O3. The molecule has 160 valence electrons. The Morgan fingerprint density at radius 1 is 1.00 bits per heavy atom. The summed E-state index contributed by atoms with van der Waals surface area (Å²) in [5.41, 5.74) is 3.59. The van der Waals surface area contributed by atoms with Gasteiger partial charge in [-0.1, -0.05) is 53.7 Å². The number of benzene rings is 2. The number of nitrogens with zero attached hydrogens (tertiary/aromatic N) is 3. The van der Waals surface area contributed by atoms with Crippen molar-refractivity contribution >= 4 is 17.5 Å². The van der Waals surface area contributed by atoms with Crippen LogP contribution in [-0.4, -0.2) is 59.5 Å². The minimum Gasteiger partial charge on any atom is -0.351 e. The molecule has 2 aromatic carbocycles. The molecule has 0 unspecified atom stereocenters. The van der Waals surface area contributed by atoms with Gasteiger partial charge in [-0.25, -0.2) is 0 Å². The van der Waals surface area contributed by atoms with E-state index in [-0.39, 0.29) is 17.6 Å². The summed E-state index contributed by atoms with van der Waals surface area (Å²) in [6, 6.07) is 19.5. The maximum atomic E-state index is 12.6. The van der Waals surface area contributed by atoms with Crippen LogP contribution in [0.3, 0.4) is 0 Å². The van der Waals surface area contributed by atoms with E-state index < -0.39 is 0 Å². The van der Waals surface area contributed by atoms with Crippen molar-refractivity contribution in [1.29, 1.82) is 0 Å². The van der Waals surface area contributed by atoms with Gasteiger partial charge in [-0.05, 0) is 18.6 Å². The summed E-state index contributed by atoms with van der Waals surface area (Å²) < 4.78 is 5.08. The molecule has 3 aromatic rings. The standard InChI is InChI=1S/C24H26N4O3/c1-18-17-22(31-26-18)24(30)28-15-13-27(14-16-28)12-11-23(29)25-21-10-6-5-9-20(21)19-7-3-2-4-8-19/h2-10,17H,11-16H2,1H3,(H,25,29). The van der Waals surface area contributed by atoms with E-state index >= 15 is 0 Å². The normalized spacial score (nSPS) is 14.4. The molecule has 0 saturated carbocycles. The summed E-state index contributed by atoms with van der Waals surface area (Å²) >= 11 is 0. The van der Waals surface area contributed by atoms with Gasteiger partial charge in [0, 0.05) is 56.5 Å². The first kappa shape index (κ1) is 20.8. The topological polar surface area (TPSA) is 78.7 Å². The summed E-state index contributed by atoms with van der Waals surface area (Å²) in [7, 11) is 0. The first-order chi connectivity index (χ1) is 15.1. The molecule has 1 fully saturated rings. The fourth-order valence-corrected chi connectivity index (χ4v) is 3.73. The van der Waals surface area contributed by atoms with Gasteiger partial charge in [-0.2, -0.15) is 0 Å². The van der Waals surface area contributed by atoms with Gasteiger partial charge < -0.3 is 14.7 Å². The lowest BCUT2D eigenvalue weighted by atomic mass is 10.0. The third-order valence-corrected chi connectivity index (χ3v) is 5.44. The summed E-state index contributed by atoms with van der Waals surface area (Å²) in [4.78, 5) is 29.0. The second-order valence-corrected chi connectivity index (χ2v) is 7.68. The molecule has 1 aromatic heterocycles. The molecule has 1 aliphatic rings. The van der Waals surface area contributed by atoms with Crippen LogP contribution in [-0.2, 0) is 4.79 Å². The highest BCUT2D eigenvalue weighted by atomic mass is 16.5. The fourth-order valence-electron chi connectivity index (χ4n) is 3.73. The molecule has 0 atom stereocenters. The number of hydrogen-bond donors (Lipinski definition) is 1. The molecule has 31 heavy (non-hydrogen) atoms. The summed E-state index contributed by atoms with van der Waals surface area (Å²) in [6.45, 7) is 5.12. The minimum atomic E-state index is -0.129. The van der Waals surface area contributed by atoms with Gasteiger partial charge >= 0.3 is 0 Å². The third kappa shape index (κ3) is 5.19. The van der Waals surface area contributed by atoms with E-state index in [1.807, 2.05) is 54.6 Å². The molecule has 0 radical (unpaired) electrons. The number of rotatable bonds is 6. The van der Waals surface area contributed by atoms with Gasteiger partial charge in [0.2, 0.25) is 11.7 Å². The molecule has 2 amide bonds. The lowest BCUT2D eigenvalue weighted by Crippen LogP contribution is -2.49. The maximum Gasteiger partial charge on any atom is 0.292 e. The first-order valence-corrected chi connectivity index (χ1v) is 10.5. The Morgan fingerprint density at radius 2 is 1.71 bits per heavy atom. The van der Waals surface area contributed by atoms with Crippen LogP contribution in [0.4, 0.5) is 5.69 Å². The van der Waals surface area contributed by atoms with Gasteiger partial charge in [-0.3, -0.25) is 14.5 Å². The predicted molar refractivity (Wildman–Crippen MR) is 119 cm³/mol. The Labute approximate surface area is 181 Å². The summed E-state index contributed by atoms with van der Waals surface area (Å²) in [5, 5.41) is 6.83. The lowest BCUT2D eigenvalue weighted by Gasteiger charge is -2.34. The molecular weight excluding hydrogens is 392 g/mol. The molecule has 0 spiro atoms. The number of nitrogens with one attached hydrogen (secondary N) is 1. The van der Waals surface area contributed by atoms with E-state index in [0.29, 0.717) is 31.7 Å². The van der Waals surface area contributed by atoms with E-state index in [4.69, 9.17) is 4.52 Å². The van der Waals surface area contributed by atoms with Gasteiger partial charge in [0.25, 0.3) is 5.91 Å². The Kier molecular flexibility index (Phi) is 6.43. The number of carbonyl (C=O) groups excluding carboxylic acids is 2. The van der Waals surface area contributed by atoms with Gasteiger partial charge in [0.15, 0.2) is 0 Å². The Bertz CT molecular complexity index is 1040. The van der Waals surface area contributed by atoms with Crippen LogP contribution in [0.5, 0.6) is 0 Å². The number of para-hydroxylation sites is 1. The largest absolute Gasteiger partial charge is 0.351 e. The molecule has 1 N–H and O–H groups in total. The molecule has 2 heterocycles. The SMILES string of the molecule is Cc1cc(C(=O)N2CCN(CCC(=O)Nc3ccccc3-c3ccccc3)CC2)on1. The quantitative estimate of drug-likeness (QED) is 0.664. The number of anilines is 1. The highest BCUT2D eigenvalue weighted by Crippen LogP contribution is 2.27. The van der Waals surface area contributed by atoms with Crippen LogP contribution in [0.25, 0.3) is 11.1 Å². The predicted octanol–water partition coefficient (Wildman–Crippen LogP) is 3.44. The Hall–Kier alpha value is -3.45. The minimum absolute atomic E-state index is 0.0148. The zero-order chi connectivity index (χ0) is 21.6. The van der Waals surface area contributed by atoms with Gasteiger partial charge in [-0.15, -0.1) is 0 Å². The first-order valence-electron chi connectivity index (χ1n) is 10.5. The highest BCUT2D eigenvalue weighted by Gasteiger charge is 2.24.